The first kappa shape index (κ1) is 16.3. The molecule has 0 bridgehead atoms. The van der Waals surface area contributed by atoms with Gasteiger partial charge < -0.3 is 9.73 Å². The van der Waals surface area contributed by atoms with Gasteiger partial charge in [-0.1, -0.05) is 6.07 Å². The highest BCUT2D eigenvalue weighted by molar-refractivity contribution is 5.96. The van der Waals surface area contributed by atoms with Gasteiger partial charge in [0.15, 0.2) is 0 Å². The number of hydrogen-bond donors (Lipinski definition) is 1. The maximum Gasteiger partial charge on any atom is 0.271 e. The lowest BCUT2D eigenvalue weighted by Gasteiger charge is -2.08. The molecule has 1 aliphatic rings. The van der Waals surface area contributed by atoms with Crippen LogP contribution in [-0.2, 0) is 24.1 Å². The number of nitro groups is 1. The number of benzene rings is 2. The summed E-state index contributed by atoms with van der Waals surface area (Å²) >= 11 is 0. The Balaban J connectivity index is 1.56. The van der Waals surface area contributed by atoms with Gasteiger partial charge in [-0.2, -0.15) is 0 Å². The summed E-state index contributed by atoms with van der Waals surface area (Å²) in [5, 5.41) is 14.7. The zero-order valence-corrected chi connectivity index (χ0v) is 14.4. The van der Waals surface area contributed by atoms with E-state index in [0.29, 0.717) is 5.69 Å². The van der Waals surface area contributed by atoms with E-state index in [2.05, 4.69) is 17.4 Å². The minimum Gasteiger partial charge on any atom is -0.464 e. The van der Waals surface area contributed by atoms with Gasteiger partial charge in [0, 0.05) is 23.1 Å². The van der Waals surface area contributed by atoms with Crippen molar-refractivity contribution < 1.29 is 14.1 Å². The minimum atomic E-state index is -0.473. The molecule has 2 aromatic carbocycles. The molecule has 0 saturated carbocycles. The number of nitrogens with one attached hydrogen (secondary N) is 1. The molecule has 0 aliphatic heterocycles. The Labute approximate surface area is 150 Å². The number of carbonyl (C=O) groups excluding carboxylic acids is 1. The molecule has 0 unspecified atom stereocenters. The van der Waals surface area contributed by atoms with Crippen LogP contribution in [0.2, 0.25) is 0 Å². The van der Waals surface area contributed by atoms with E-state index in [1.54, 1.807) is 19.3 Å². The summed E-state index contributed by atoms with van der Waals surface area (Å²) < 4.78 is 5.63. The average Bonchev–Trinajstić information content (AvgIpc) is 3.21. The fraction of sp³-hybridized carbons (Fsp3) is 0.250. The molecule has 0 atom stereocenters. The first-order chi connectivity index (χ1) is 12.5. The zero-order chi connectivity index (χ0) is 18.3. The monoisotopic (exact) mass is 350 g/mol. The first-order valence-electron chi connectivity index (χ1n) is 8.58. The van der Waals surface area contributed by atoms with Crippen molar-refractivity contribution in [3.05, 3.63) is 69.0 Å². The van der Waals surface area contributed by atoms with E-state index in [4.69, 9.17) is 4.42 Å². The van der Waals surface area contributed by atoms with E-state index in [1.165, 1.54) is 23.3 Å². The summed E-state index contributed by atoms with van der Waals surface area (Å²) in [4.78, 5) is 22.9. The second kappa shape index (κ2) is 6.29. The van der Waals surface area contributed by atoms with Gasteiger partial charge in [-0.15, -0.1) is 0 Å². The maximum absolute atomic E-state index is 12.5. The normalized spacial score (nSPS) is 13.0. The SMILES string of the molecule is Cc1ccc([N+](=O)[O-])cc1NC(=O)Cc1coc2cc3c(cc12)CCC3. The lowest BCUT2D eigenvalue weighted by molar-refractivity contribution is -0.384. The molecule has 1 N–H and O–H groups in total. The smallest absolute Gasteiger partial charge is 0.271 e. The van der Waals surface area contributed by atoms with Crippen molar-refractivity contribution in [1.29, 1.82) is 0 Å². The van der Waals surface area contributed by atoms with Gasteiger partial charge in [-0.05, 0) is 55.0 Å². The molecule has 132 valence electrons. The number of nitrogens with zero attached hydrogens (tertiary/aromatic N) is 1. The molecule has 1 aromatic heterocycles. The fourth-order valence-corrected chi connectivity index (χ4v) is 3.51. The molecule has 1 aliphatic carbocycles. The van der Waals surface area contributed by atoms with Crippen LogP contribution in [-0.4, -0.2) is 10.8 Å². The Morgan fingerprint density at radius 3 is 2.77 bits per heavy atom. The molecule has 4 rings (SSSR count). The number of aryl methyl sites for hydroxylation is 3. The highest BCUT2D eigenvalue weighted by atomic mass is 16.6. The van der Waals surface area contributed by atoms with E-state index >= 15 is 0 Å². The fourth-order valence-electron chi connectivity index (χ4n) is 3.51. The second-order valence-corrected chi connectivity index (χ2v) is 6.71. The number of rotatable bonds is 4. The van der Waals surface area contributed by atoms with E-state index in [0.717, 1.165) is 41.4 Å². The molecular weight excluding hydrogens is 332 g/mol. The zero-order valence-electron chi connectivity index (χ0n) is 14.4. The van der Waals surface area contributed by atoms with Crippen molar-refractivity contribution in [3.8, 4) is 0 Å². The number of furan rings is 1. The van der Waals surface area contributed by atoms with Crippen LogP contribution in [0.1, 0.15) is 28.7 Å². The first-order valence-corrected chi connectivity index (χ1v) is 8.58. The van der Waals surface area contributed by atoms with Crippen molar-refractivity contribution in [2.45, 2.75) is 32.6 Å². The number of non-ortho nitro benzene ring substituents is 1. The van der Waals surface area contributed by atoms with Gasteiger partial charge in [0.05, 0.1) is 23.3 Å². The van der Waals surface area contributed by atoms with E-state index in [9.17, 15) is 14.9 Å². The number of fused-ring (bicyclic) bond motifs is 2. The van der Waals surface area contributed by atoms with Gasteiger partial charge in [0.1, 0.15) is 5.58 Å². The number of hydrogen-bond acceptors (Lipinski definition) is 4. The lowest BCUT2D eigenvalue weighted by atomic mass is 10.0. The van der Waals surface area contributed by atoms with Crippen molar-refractivity contribution in [2.24, 2.45) is 0 Å². The summed E-state index contributed by atoms with van der Waals surface area (Å²) in [5.74, 6) is -0.225. The Hall–Kier alpha value is -3.15. The topological polar surface area (TPSA) is 85.4 Å². The summed E-state index contributed by atoms with van der Waals surface area (Å²) in [6.07, 6.45) is 5.08. The summed E-state index contributed by atoms with van der Waals surface area (Å²) in [6.45, 7) is 1.80. The largest absolute Gasteiger partial charge is 0.464 e. The molecular formula is C20H18N2O4. The average molecular weight is 350 g/mol. The minimum absolute atomic E-state index is 0.0461. The molecule has 0 spiro atoms. The number of nitro benzene ring substituents is 1. The van der Waals surface area contributed by atoms with Gasteiger partial charge in [-0.25, -0.2) is 0 Å². The molecule has 0 radical (unpaired) electrons. The van der Waals surface area contributed by atoms with Crippen molar-refractivity contribution in [2.75, 3.05) is 5.32 Å². The third kappa shape index (κ3) is 2.94. The quantitative estimate of drug-likeness (QED) is 0.561. The van der Waals surface area contributed by atoms with E-state index in [-0.39, 0.29) is 18.0 Å². The highest BCUT2D eigenvalue weighted by Crippen LogP contribution is 2.31. The number of amides is 1. The lowest BCUT2D eigenvalue weighted by Crippen LogP contribution is -2.15. The van der Waals surface area contributed by atoms with Gasteiger partial charge in [-0.3, -0.25) is 14.9 Å². The highest BCUT2D eigenvalue weighted by Gasteiger charge is 2.17. The second-order valence-electron chi connectivity index (χ2n) is 6.71. The van der Waals surface area contributed by atoms with Crippen LogP contribution in [0.5, 0.6) is 0 Å². The molecule has 26 heavy (non-hydrogen) atoms. The van der Waals surface area contributed by atoms with Gasteiger partial charge in [0.2, 0.25) is 5.91 Å². The molecule has 3 aromatic rings. The van der Waals surface area contributed by atoms with Crippen LogP contribution < -0.4 is 5.32 Å². The number of carbonyl (C=O) groups is 1. The van der Waals surface area contributed by atoms with Crippen LogP contribution in [0.15, 0.2) is 41.0 Å². The van der Waals surface area contributed by atoms with Gasteiger partial charge in [0.25, 0.3) is 5.69 Å². The number of anilines is 1. The third-order valence-electron chi connectivity index (χ3n) is 4.93. The Morgan fingerprint density at radius 1 is 1.23 bits per heavy atom. The predicted molar refractivity (Wildman–Crippen MR) is 98.4 cm³/mol. The van der Waals surface area contributed by atoms with E-state index in [1.807, 2.05) is 0 Å². The molecule has 0 fully saturated rings. The molecule has 6 heteroatoms. The van der Waals surface area contributed by atoms with Crippen LogP contribution in [0.25, 0.3) is 11.0 Å². The van der Waals surface area contributed by atoms with Crippen molar-refractivity contribution in [1.82, 2.24) is 0 Å². The van der Waals surface area contributed by atoms with Gasteiger partial charge >= 0.3 is 0 Å². The molecule has 1 heterocycles. The Morgan fingerprint density at radius 2 is 2.00 bits per heavy atom. The van der Waals surface area contributed by atoms with Crippen molar-refractivity contribution >= 4 is 28.3 Å². The third-order valence-corrected chi connectivity index (χ3v) is 4.93. The standard InChI is InChI=1S/C20H18N2O4/c1-12-5-6-16(22(24)25)10-18(12)21-20(23)9-15-11-26-19-8-14-4-2-3-13(14)7-17(15)19/h5-8,10-11H,2-4,9H2,1H3,(H,21,23). The summed E-state index contributed by atoms with van der Waals surface area (Å²) in [6, 6.07) is 8.64. The maximum atomic E-state index is 12.5. The van der Waals surface area contributed by atoms with Crippen LogP contribution in [0.3, 0.4) is 0 Å². The van der Waals surface area contributed by atoms with Crippen molar-refractivity contribution in [3.63, 3.8) is 0 Å². The summed E-state index contributed by atoms with van der Waals surface area (Å²) in [7, 11) is 0. The summed E-state index contributed by atoms with van der Waals surface area (Å²) in [5.41, 5.74) is 5.48. The molecule has 6 nitrogen and oxygen atoms in total. The Kier molecular flexibility index (Phi) is 3.95. The Bertz CT molecular complexity index is 1040. The molecule has 0 saturated heterocycles. The predicted octanol–water partition coefficient (Wildman–Crippen LogP) is 4.32. The van der Waals surface area contributed by atoms with E-state index < -0.39 is 4.92 Å². The molecule has 1 amide bonds. The van der Waals surface area contributed by atoms with Crippen LogP contribution in [0, 0.1) is 17.0 Å². The van der Waals surface area contributed by atoms with Crippen LogP contribution in [0.4, 0.5) is 11.4 Å². The van der Waals surface area contributed by atoms with Crippen LogP contribution >= 0.6 is 0 Å².